The number of nitrogens with zero attached hydrogens (tertiary/aromatic N) is 3. The monoisotopic (exact) mass is 354 g/mol. The number of amides is 1. The van der Waals surface area contributed by atoms with E-state index in [4.69, 9.17) is 0 Å². The van der Waals surface area contributed by atoms with E-state index in [1.165, 1.54) is 6.07 Å². The number of aryl methyl sites for hydroxylation is 3. The number of fused-ring (bicyclic) bond motifs is 1. The summed E-state index contributed by atoms with van der Waals surface area (Å²) >= 11 is 0. The van der Waals surface area contributed by atoms with Crippen LogP contribution in [0.15, 0.2) is 24.3 Å². The van der Waals surface area contributed by atoms with Crippen LogP contribution in [0.1, 0.15) is 35.1 Å². The fraction of sp³-hybridized carbons (Fsp3) is 0.400. The van der Waals surface area contributed by atoms with Crippen LogP contribution >= 0.6 is 0 Å². The number of nitrogens with one attached hydrogen (secondary N) is 1. The van der Waals surface area contributed by atoms with Gasteiger partial charge in [-0.05, 0) is 44.9 Å². The zero-order chi connectivity index (χ0) is 18.4. The van der Waals surface area contributed by atoms with Crippen molar-refractivity contribution in [3.05, 3.63) is 52.7 Å². The molecule has 1 atom stereocenters. The summed E-state index contributed by atoms with van der Waals surface area (Å²) in [5, 5.41) is 5.35. The van der Waals surface area contributed by atoms with Gasteiger partial charge in [0.15, 0.2) is 0 Å². The number of likely N-dealkylation sites (tertiary alicyclic amines) is 1. The lowest BCUT2D eigenvalue weighted by Gasteiger charge is -2.17. The summed E-state index contributed by atoms with van der Waals surface area (Å²) < 4.78 is 16.0. The number of halogens is 1. The van der Waals surface area contributed by atoms with E-state index in [0.717, 1.165) is 41.0 Å². The van der Waals surface area contributed by atoms with Gasteiger partial charge in [-0.15, -0.1) is 0 Å². The largest absolute Gasteiger partial charge is 0.356 e. The zero-order valence-corrected chi connectivity index (χ0v) is 15.3. The predicted molar refractivity (Wildman–Crippen MR) is 98.6 cm³/mol. The second-order valence-electron chi connectivity index (χ2n) is 7.22. The third-order valence-corrected chi connectivity index (χ3v) is 5.34. The minimum atomic E-state index is -0.282. The Morgan fingerprint density at radius 3 is 2.88 bits per heavy atom. The number of hydrogen-bond acceptors (Lipinski definition) is 2. The van der Waals surface area contributed by atoms with Crippen molar-refractivity contribution in [2.45, 2.75) is 39.7 Å². The summed E-state index contributed by atoms with van der Waals surface area (Å²) in [4.78, 5) is 17.8. The molecule has 6 heteroatoms. The number of rotatable bonds is 3. The Kier molecular flexibility index (Phi) is 4.05. The van der Waals surface area contributed by atoms with Crippen LogP contribution in [0.5, 0.6) is 0 Å². The number of aromatic nitrogens is 3. The molecule has 3 aromatic rings. The lowest BCUT2D eigenvalue weighted by atomic mass is 10.1. The first kappa shape index (κ1) is 16.8. The topological polar surface area (TPSA) is 53.9 Å². The maximum Gasteiger partial charge on any atom is 0.227 e. The van der Waals surface area contributed by atoms with Gasteiger partial charge in [0.1, 0.15) is 5.82 Å². The Balaban J connectivity index is 1.52. The number of aromatic amines is 1. The Hall–Kier alpha value is -2.63. The second kappa shape index (κ2) is 6.27. The van der Waals surface area contributed by atoms with Gasteiger partial charge in [-0.1, -0.05) is 12.1 Å². The molecule has 1 aromatic carbocycles. The van der Waals surface area contributed by atoms with Crippen molar-refractivity contribution < 1.29 is 9.18 Å². The molecule has 0 unspecified atom stereocenters. The van der Waals surface area contributed by atoms with Gasteiger partial charge in [0, 0.05) is 29.9 Å². The number of benzene rings is 1. The second-order valence-corrected chi connectivity index (χ2v) is 7.22. The van der Waals surface area contributed by atoms with Crippen LogP contribution in [-0.2, 0) is 11.2 Å². The fourth-order valence-electron chi connectivity index (χ4n) is 4.04. The third-order valence-electron chi connectivity index (χ3n) is 5.34. The standard InChI is InChI=1S/C20H23FN4O/c1-12-9-13(2)25(23-12)15-7-8-24(11-15)19(26)10-17-14(3)22-20-16(17)5-4-6-18(20)21/h4-6,9,15,22H,7-8,10-11H2,1-3H3/t15-/m0/s1. The molecule has 0 spiro atoms. The number of H-pyrrole nitrogens is 1. The van der Waals surface area contributed by atoms with Crippen LogP contribution < -0.4 is 0 Å². The van der Waals surface area contributed by atoms with Gasteiger partial charge < -0.3 is 9.88 Å². The van der Waals surface area contributed by atoms with Gasteiger partial charge in [0.05, 0.1) is 23.7 Å². The van der Waals surface area contributed by atoms with E-state index in [1.54, 1.807) is 6.07 Å². The quantitative estimate of drug-likeness (QED) is 0.783. The van der Waals surface area contributed by atoms with Gasteiger partial charge in [-0.2, -0.15) is 5.10 Å². The summed E-state index contributed by atoms with van der Waals surface area (Å²) in [5.41, 5.74) is 4.36. The van der Waals surface area contributed by atoms with Gasteiger partial charge in [0.2, 0.25) is 5.91 Å². The molecule has 5 nitrogen and oxygen atoms in total. The molecule has 1 fully saturated rings. The fourth-order valence-corrected chi connectivity index (χ4v) is 4.04. The van der Waals surface area contributed by atoms with E-state index in [9.17, 15) is 9.18 Å². The molecule has 0 aliphatic carbocycles. The van der Waals surface area contributed by atoms with Crippen LogP contribution in [0.25, 0.3) is 10.9 Å². The highest BCUT2D eigenvalue weighted by molar-refractivity contribution is 5.90. The lowest BCUT2D eigenvalue weighted by molar-refractivity contribution is -0.129. The number of carbonyl (C=O) groups is 1. The summed E-state index contributed by atoms with van der Waals surface area (Å²) in [6.45, 7) is 7.34. The molecular weight excluding hydrogens is 331 g/mol. The maximum absolute atomic E-state index is 14.0. The normalized spacial score (nSPS) is 17.4. The summed E-state index contributed by atoms with van der Waals surface area (Å²) in [6, 6.07) is 7.28. The van der Waals surface area contributed by atoms with E-state index in [1.807, 2.05) is 36.4 Å². The maximum atomic E-state index is 14.0. The van der Waals surface area contributed by atoms with Crippen molar-refractivity contribution in [3.63, 3.8) is 0 Å². The molecule has 136 valence electrons. The molecule has 0 radical (unpaired) electrons. The van der Waals surface area contributed by atoms with Crippen LogP contribution in [0, 0.1) is 26.6 Å². The van der Waals surface area contributed by atoms with Crippen molar-refractivity contribution in [2.24, 2.45) is 0 Å². The third kappa shape index (κ3) is 2.79. The van der Waals surface area contributed by atoms with Crippen molar-refractivity contribution >= 4 is 16.8 Å². The molecule has 1 amide bonds. The Bertz CT molecular complexity index is 987. The molecule has 26 heavy (non-hydrogen) atoms. The Labute approximate surface area is 151 Å². The molecule has 0 saturated carbocycles. The van der Waals surface area contributed by atoms with Crippen LogP contribution in [-0.4, -0.2) is 38.7 Å². The molecule has 1 N–H and O–H groups in total. The van der Waals surface area contributed by atoms with Crippen molar-refractivity contribution in [1.29, 1.82) is 0 Å². The van der Waals surface area contributed by atoms with Gasteiger partial charge in [-0.3, -0.25) is 9.48 Å². The molecule has 1 saturated heterocycles. The summed E-state index contributed by atoms with van der Waals surface area (Å²) in [5.74, 6) is -0.197. The number of hydrogen-bond donors (Lipinski definition) is 1. The summed E-state index contributed by atoms with van der Waals surface area (Å²) in [7, 11) is 0. The van der Waals surface area contributed by atoms with Crippen LogP contribution in [0.4, 0.5) is 4.39 Å². The first-order valence-corrected chi connectivity index (χ1v) is 9.00. The van der Waals surface area contributed by atoms with Crippen molar-refractivity contribution in [1.82, 2.24) is 19.7 Å². The van der Waals surface area contributed by atoms with E-state index >= 15 is 0 Å². The predicted octanol–water partition coefficient (Wildman–Crippen LogP) is 3.44. The number of para-hydroxylation sites is 1. The van der Waals surface area contributed by atoms with E-state index < -0.39 is 0 Å². The first-order valence-electron chi connectivity index (χ1n) is 9.00. The molecule has 4 rings (SSSR count). The van der Waals surface area contributed by atoms with Gasteiger partial charge >= 0.3 is 0 Å². The highest BCUT2D eigenvalue weighted by Crippen LogP contribution is 2.27. The highest BCUT2D eigenvalue weighted by atomic mass is 19.1. The van der Waals surface area contributed by atoms with Crippen molar-refractivity contribution in [2.75, 3.05) is 13.1 Å². The Morgan fingerprint density at radius 1 is 1.35 bits per heavy atom. The molecular formula is C20H23FN4O. The molecule has 3 heterocycles. The van der Waals surface area contributed by atoms with Gasteiger partial charge in [-0.25, -0.2) is 4.39 Å². The van der Waals surface area contributed by atoms with Crippen molar-refractivity contribution in [3.8, 4) is 0 Å². The minimum absolute atomic E-state index is 0.0855. The molecule has 0 bridgehead atoms. The van der Waals surface area contributed by atoms with E-state index in [-0.39, 0.29) is 17.8 Å². The highest BCUT2D eigenvalue weighted by Gasteiger charge is 2.29. The van der Waals surface area contributed by atoms with E-state index in [2.05, 4.69) is 16.1 Å². The molecule has 2 aromatic heterocycles. The minimum Gasteiger partial charge on any atom is -0.356 e. The Morgan fingerprint density at radius 2 is 2.15 bits per heavy atom. The van der Waals surface area contributed by atoms with Crippen LogP contribution in [0.3, 0.4) is 0 Å². The molecule has 1 aliphatic heterocycles. The van der Waals surface area contributed by atoms with Crippen LogP contribution in [0.2, 0.25) is 0 Å². The van der Waals surface area contributed by atoms with E-state index in [0.29, 0.717) is 18.5 Å². The molecule has 1 aliphatic rings. The number of carbonyl (C=O) groups excluding carboxylic acids is 1. The summed E-state index contributed by atoms with van der Waals surface area (Å²) in [6.07, 6.45) is 1.20. The first-order chi connectivity index (χ1) is 12.4. The average Bonchev–Trinajstić information content (AvgIpc) is 3.27. The average molecular weight is 354 g/mol. The lowest BCUT2D eigenvalue weighted by Crippen LogP contribution is -2.30. The van der Waals surface area contributed by atoms with Gasteiger partial charge in [0.25, 0.3) is 0 Å². The SMILES string of the molecule is Cc1cc(C)n([C@H]2CCN(C(=O)Cc3c(C)[nH]c4c(F)cccc34)C2)n1. The smallest absolute Gasteiger partial charge is 0.227 e. The zero-order valence-electron chi connectivity index (χ0n) is 15.3.